The molecule has 4 nitrogen and oxygen atoms in total. The predicted octanol–water partition coefficient (Wildman–Crippen LogP) is 5.35. The molecule has 0 bridgehead atoms. The highest BCUT2D eigenvalue weighted by molar-refractivity contribution is 7.21. The summed E-state index contributed by atoms with van der Waals surface area (Å²) in [7, 11) is 2.09. The maximum absolute atomic E-state index is 13.5. The summed E-state index contributed by atoms with van der Waals surface area (Å²) in [6.45, 7) is 3.63. The third-order valence-electron chi connectivity index (χ3n) is 4.85. The fourth-order valence-corrected chi connectivity index (χ4v) is 4.90. The first kappa shape index (κ1) is 19.5. The Labute approximate surface area is 176 Å². The lowest BCUT2D eigenvalue weighted by Crippen LogP contribution is -2.44. The molecule has 1 amide bonds. The maximum atomic E-state index is 13.5. The zero-order chi connectivity index (χ0) is 19.8. The molecule has 1 aliphatic heterocycles. The molecule has 0 atom stereocenters. The molecule has 0 unspecified atom stereocenters. The lowest BCUT2D eigenvalue weighted by Gasteiger charge is -2.35. The number of hydrogen-bond donors (Lipinski definition) is 1. The Balaban J connectivity index is 1.64. The lowest BCUT2D eigenvalue weighted by molar-refractivity contribution is 0.103. The summed E-state index contributed by atoms with van der Waals surface area (Å²) in [5.74, 6) is -0.686. The van der Waals surface area contributed by atoms with E-state index in [1.54, 1.807) is 12.1 Å². The average Bonchev–Trinajstić information content (AvgIpc) is 2.99. The molecule has 3 aromatic rings. The average molecular weight is 438 g/mol. The van der Waals surface area contributed by atoms with Crippen molar-refractivity contribution in [2.24, 2.45) is 0 Å². The molecule has 0 spiro atoms. The molecule has 1 aliphatic rings. The number of amides is 1. The van der Waals surface area contributed by atoms with Crippen LogP contribution in [0, 0.1) is 5.82 Å². The number of rotatable bonds is 3. The van der Waals surface area contributed by atoms with Gasteiger partial charge in [0.05, 0.1) is 16.4 Å². The zero-order valence-corrected chi connectivity index (χ0v) is 17.5. The Kier molecular flexibility index (Phi) is 5.47. The minimum atomic E-state index is -0.357. The second-order valence-electron chi connectivity index (χ2n) is 6.79. The van der Waals surface area contributed by atoms with Crippen LogP contribution >= 0.6 is 34.5 Å². The van der Waals surface area contributed by atoms with Crippen molar-refractivity contribution in [3.05, 3.63) is 57.1 Å². The largest absolute Gasteiger partial charge is 0.367 e. The molecule has 1 fully saturated rings. The van der Waals surface area contributed by atoms with Crippen molar-refractivity contribution < 1.29 is 9.18 Å². The minimum Gasteiger partial charge on any atom is -0.367 e. The van der Waals surface area contributed by atoms with Crippen molar-refractivity contribution in [1.82, 2.24) is 4.90 Å². The summed E-state index contributed by atoms with van der Waals surface area (Å²) in [5, 5.41) is 4.49. The molecule has 8 heteroatoms. The van der Waals surface area contributed by atoms with Gasteiger partial charge in [0, 0.05) is 41.3 Å². The quantitative estimate of drug-likeness (QED) is 0.599. The number of likely N-dealkylation sites (N-methyl/N-ethyl adjacent to an activating group) is 1. The van der Waals surface area contributed by atoms with E-state index in [0.29, 0.717) is 30.7 Å². The molecular weight excluding hydrogens is 420 g/mol. The minimum absolute atomic E-state index is 0.329. The Morgan fingerprint density at radius 2 is 1.86 bits per heavy atom. The predicted molar refractivity (Wildman–Crippen MR) is 116 cm³/mol. The highest BCUT2D eigenvalue weighted by Crippen LogP contribution is 2.37. The van der Waals surface area contributed by atoms with E-state index in [1.165, 1.54) is 23.5 Å². The number of fused-ring (bicyclic) bond motifs is 1. The van der Waals surface area contributed by atoms with Crippen LogP contribution in [-0.2, 0) is 0 Å². The molecule has 1 N–H and O–H groups in total. The summed E-state index contributed by atoms with van der Waals surface area (Å²) in [5.41, 5.74) is 1.57. The number of thiophene rings is 1. The van der Waals surface area contributed by atoms with Crippen LogP contribution in [0.3, 0.4) is 0 Å². The topological polar surface area (TPSA) is 35.6 Å². The van der Waals surface area contributed by atoms with Gasteiger partial charge in [0.1, 0.15) is 10.7 Å². The smallest absolute Gasteiger partial charge is 0.267 e. The summed E-state index contributed by atoms with van der Waals surface area (Å²) in [4.78, 5) is 17.8. The Morgan fingerprint density at radius 1 is 1.11 bits per heavy atom. The van der Waals surface area contributed by atoms with E-state index in [2.05, 4.69) is 22.2 Å². The molecule has 2 aromatic carbocycles. The van der Waals surface area contributed by atoms with Crippen molar-refractivity contribution in [3.63, 3.8) is 0 Å². The molecule has 4 rings (SSSR count). The van der Waals surface area contributed by atoms with Crippen molar-refractivity contribution in [2.45, 2.75) is 0 Å². The first-order chi connectivity index (χ1) is 13.4. The summed E-state index contributed by atoms with van der Waals surface area (Å²) in [6, 6.07) is 9.80. The molecule has 1 aromatic heterocycles. The summed E-state index contributed by atoms with van der Waals surface area (Å²) >= 11 is 13.7. The first-order valence-electron chi connectivity index (χ1n) is 8.84. The van der Waals surface area contributed by atoms with E-state index < -0.39 is 0 Å². The van der Waals surface area contributed by atoms with Crippen LogP contribution in [0.1, 0.15) is 9.67 Å². The van der Waals surface area contributed by atoms with E-state index in [9.17, 15) is 9.18 Å². The van der Waals surface area contributed by atoms with Crippen molar-refractivity contribution in [2.75, 3.05) is 43.4 Å². The first-order valence-corrected chi connectivity index (χ1v) is 10.4. The normalized spacial score (nSPS) is 15.2. The van der Waals surface area contributed by atoms with Crippen LogP contribution in [0.5, 0.6) is 0 Å². The van der Waals surface area contributed by atoms with E-state index in [4.69, 9.17) is 23.2 Å². The molecular formula is C20H18Cl2FN3OS. The number of nitrogens with zero attached hydrogens (tertiary/aromatic N) is 2. The number of carbonyl (C=O) groups is 1. The standard InChI is InChI=1S/C20H18Cl2FN3OS/c1-25-6-8-26(9-7-25)16-5-2-12(21)10-15(16)24-20(27)19-18(22)14-4-3-13(23)11-17(14)28-19/h2-5,10-11H,6-9H2,1H3,(H,24,27). The molecule has 28 heavy (non-hydrogen) atoms. The highest BCUT2D eigenvalue weighted by atomic mass is 35.5. The number of anilines is 2. The van der Waals surface area contributed by atoms with Crippen molar-refractivity contribution in [1.29, 1.82) is 0 Å². The Morgan fingerprint density at radius 3 is 2.61 bits per heavy atom. The third kappa shape index (κ3) is 3.82. The highest BCUT2D eigenvalue weighted by Gasteiger charge is 2.21. The van der Waals surface area contributed by atoms with E-state index in [0.717, 1.165) is 31.9 Å². The molecule has 1 saturated heterocycles. The monoisotopic (exact) mass is 437 g/mol. The number of carbonyl (C=O) groups excluding carboxylic acids is 1. The number of hydrogen-bond acceptors (Lipinski definition) is 4. The fourth-order valence-electron chi connectivity index (χ4n) is 3.30. The van der Waals surface area contributed by atoms with Gasteiger partial charge in [-0.1, -0.05) is 23.2 Å². The molecule has 146 valence electrons. The van der Waals surface area contributed by atoms with Gasteiger partial charge in [-0.25, -0.2) is 4.39 Å². The van der Waals surface area contributed by atoms with Gasteiger partial charge in [-0.2, -0.15) is 0 Å². The second kappa shape index (κ2) is 7.87. The van der Waals surface area contributed by atoms with Gasteiger partial charge >= 0.3 is 0 Å². The molecule has 0 radical (unpaired) electrons. The number of nitrogens with one attached hydrogen (secondary N) is 1. The number of piperazine rings is 1. The zero-order valence-electron chi connectivity index (χ0n) is 15.1. The van der Waals surface area contributed by atoms with E-state index in [-0.39, 0.29) is 11.7 Å². The van der Waals surface area contributed by atoms with Crippen LogP contribution in [0.2, 0.25) is 10.0 Å². The van der Waals surface area contributed by atoms with Gasteiger partial charge in [-0.05, 0) is 43.4 Å². The number of benzene rings is 2. The summed E-state index contributed by atoms with van der Waals surface area (Å²) < 4.78 is 14.1. The van der Waals surface area contributed by atoms with Gasteiger partial charge < -0.3 is 15.1 Å². The van der Waals surface area contributed by atoms with Crippen molar-refractivity contribution in [3.8, 4) is 0 Å². The third-order valence-corrected chi connectivity index (χ3v) is 6.74. The molecule has 0 saturated carbocycles. The summed E-state index contributed by atoms with van der Waals surface area (Å²) in [6.07, 6.45) is 0. The van der Waals surface area contributed by atoms with Gasteiger partial charge in [0.15, 0.2) is 0 Å². The Hall–Kier alpha value is -1.86. The molecule has 2 heterocycles. The van der Waals surface area contributed by atoms with Gasteiger partial charge in [-0.3, -0.25) is 4.79 Å². The van der Waals surface area contributed by atoms with Gasteiger partial charge in [0.25, 0.3) is 5.91 Å². The van der Waals surface area contributed by atoms with Crippen LogP contribution in [0.25, 0.3) is 10.1 Å². The fraction of sp³-hybridized carbons (Fsp3) is 0.250. The van der Waals surface area contributed by atoms with Crippen LogP contribution < -0.4 is 10.2 Å². The maximum Gasteiger partial charge on any atom is 0.267 e. The molecule has 0 aliphatic carbocycles. The van der Waals surface area contributed by atoms with Crippen molar-refractivity contribution >= 4 is 61.9 Å². The van der Waals surface area contributed by atoms with Crippen LogP contribution in [0.4, 0.5) is 15.8 Å². The Bertz CT molecular complexity index is 1050. The number of halogens is 3. The van der Waals surface area contributed by atoms with Gasteiger partial charge in [0.2, 0.25) is 0 Å². The van der Waals surface area contributed by atoms with Crippen LogP contribution in [0.15, 0.2) is 36.4 Å². The van der Waals surface area contributed by atoms with Gasteiger partial charge in [-0.15, -0.1) is 11.3 Å². The SMILES string of the molecule is CN1CCN(c2ccc(Cl)cc2NC(=O)c2sc3cc(F)ccc3c2Cl)CC1. The van der Waals surface area contributed by atoms with E-state index >= 15 is 0 Å². The van der Waals surface area contributed by atoms with Crippen LogP contribution in [-0.4, -0.2) is 44.0 Å². The van der Waals surface area contributed by atoms with E-state index in [1.807, 2.05) is 12.1 Å². The second-order valence-corrected chi connectivity index (χ2v) is 8.66. The lowest BCUT2D eigenvalue weighted by atomic mass is 10.2.